The van der Waals surface area contributed by atoms with E-state index in [4.69, 9.17) is 0 Å². The number of hydrogen-bond donors (Lipinski definition) is 1. The summed E-state index contributed by atoms with van der Waals surface area (Å²) in [6.45, 7) is 0. The average molecular weight is 319 g/mol. The van der Waals surface area contributed by atoms with Crippen molar-refractivity contribution in [2.24, 2.45) is 0 Å². The van der Waals surface area contributed by atoms with Crippen LogP contribution in [0, 0.1) is 0 Å². The van der Waals surface area contributed by atoms with Crippen LogP contribution in [0.1, 0.15) is 28.5 Å². The minimum Gasteiger partial charge on any atom is -0.383 e. The highest BCUT2D eigenvalue weighted by Crippen LogP contribution is 2.33. The van der Waals surface area contributed by atoms with E-state index in [1.54, 1.807) is 0 Å². The fraction of sp³-hybridized carbons (Fsp3) is 0.167. The van der Waals surface area contributed by atoms with Gasteiger partial charge in [0.15, 0.2) is 0 Å². The molecule has 0 aliphatic heterocycles. The molecule has 0 aliphatic rings. The molecular formula is C12H9BrF2OS. The molecule has 1 N–H and O–H groups in total. The molecule has 0 aliphatic carbocycles. The maximum atomic E-state index is 12.4. The van der Waals surface area contributed by atoms with E-state index in [1.807, 2.05) is 11.4 Å². The molecule has 1 aromatic carbocycles. The van der Waals surface area contributed by atoms with Gasteiger partial charge in [-0.2, -0.15) is 0 Å². The molecular weight excluding hydrogens is 310 g/mol. The van der Waals surface area contributed by atoms with Gasteiger partial charge in [0, 0.05) is 10.0 Å². The number of thiophene rings is 1. The van der Waals surface area contributed by atoms with Crippen molar-refractivity contribution < 1.29 is 13.9 Å². The summed E-state index contributed by atoms with van der Waals surface area (Å²) < 4.78 is 25.6. The summed E-state index contributed by atoms with van der Waals surface area (Å²) in [6, 6.07) is 7.57. The van der Waals surface area contributed by atoms with Crippen LogP contribution in [0.3, 0.4) is 0 Å². The summed E-state index contributed by atoms with van der Waals surface area (Å²) >= 11 is 4.75. The second-order valence-electron chi connectivity index (χ2n) is 3.50. The molecule has 0 bridgehead atoms. The number of halogens is 3. The molecule has 2 rings (SSSR count). The molecule has 17 heavy (non-hydrogen) atoms. The van der Waals surface area contributed by atoms with Gasteiger partial charge in [-0.1, -0.05) is 24.3 Å². The molecule has 0 saturated carbocycles. The summed E-state index contributed by atoms with van der Waals surface area (Å²) in [6.07, 6.45) is -3.26. The zero-order valence-corrected chi connectivity index (χ0v) is 11.0. The van der Waals surface area contributed by atoms with Crippen molar-refractivity contribution in [3.63, 3.8) is 0 Å². The first-order valence-corrected chi connectivity index (χ1v) is 6.56. The molecule has 90 valence electrons. The molecule has 0 fully saturated rings. The van der Waals surface area contributed by atoms with Gasteiger partial charge < -0.3 is 5.11 Å². The Morgan fingerprint density at radius 3 is 2.12 bits per heavy atom. The van der Waals surface area contributed by atoms with Crippen LogP contribution in [0.5, 0.6) is 0 Å². The van der Waals surface area contributed by atoms with Crippen LogP contribution in [0.2, 0.25) is 0 Å². The minimum atomic E-state index is -2.48. The Balaban J connectivity index is 2.26. The lowest BCUT2D eigenvalue weighted by molar-refractivity contribution is 0.151. The Hall–Kier alpha value is -0.780. The predicted molar refractivity (Wildman–Crippen MR) is 67.5 cm³/mol. The van der Waals surface area contributed by atoms with Gasteiger partial charge in [-0.3, -0.25) is 0 Å². The lowest BCUT2D eigenvalue weighted by atomic mass is 10.1. The third-order valence-electron chi connectivity index (χ3n) is 2.40. The number of alkyl halides is 2. The van der Waals surface area contributed by atoms with Gasteiger partial charge in [0.25, 0.3) is 6.43 Å². The Kier molecular flexibility index (Phi) is 3.91. The fourth-order valence-corrected chi connectivity index (χ4v) is 3.08. The second-order valence-corrected chi connectivity index (χ2v) is 5.30. The Morgan fingerprint density at radius 1 is 1.06 bits per heavy atom. The molecule has 1 unspecified atom stereocenters. The smallest absolute Gasteiger partial charge is 0.263 e. The minimum absolute atomic E-state index is 0.0359. The third-order valence-corrected chi connectivity index (χ3v) is 4.32. The summed E-state index contributed by atoms with van der Waals surface area (Å²) in [5.74, 6) is 0. The topological polar surface area (TPSA) is 20.2 Å². The maximum absolute atomic E-state index is 12.4. The first-order valence-electron chi connectivity index (χ1n) is 4.88. The molecule has 2 aromatic rings. The lowest BCUT2D eigenvalue weighted by Gasteiger charge is -2.10. The summed E-state index contributed by atoms with van der Waals surface area (Å²) in [4.78, 5) is 0.773. The van der Waals surface area contributed by atoms with Crippen molar-refractivity contribution in [2.75, 3.05) is 0 Å². The van der Waals surface area contributed by atoms with E-state index in [1.165, 1.54) is 35.6 Å². The normalized spacial score (nSPS) is 13.0. The molecule has 0 amide bonds. The summed E-state index contributed by atoms with van der Waals surface area (Å²) in [7, 11) is 0. The van der Waals surface area contributed by atoms with Crippen molar-refractivity contribution in [1.29, 1.82) is 0 Å². The standard InChI is InChI=1S/C12H9BrF2OS/c13-9-5-6-17-11(9)10(16)7-1-3-8(4-2-7)12(14)15/h1-6,10,12,16H. The van der Waals surface area contributed by atoms with Gasteiger partial charge in [-0.15, -0.1) is 11.3 Å². The van der Waals surface area contributed by atoms with E-state index >= 15 is 0 Å². The molecule has 0 spiro atoms. The van der Waals surface area contributed by atoms with Crippen LogP contribution in [0.4, 0.5) is 8.78 Å². The largest absolute Gasteiger partial charge is 0.383 e. The van der Waals surface area contributed by atoms with E-state index in [9.17, 15) is 13.9 Å². The molecule has 5 heteroatoms. The molecule has 0 radical (unpaired) electrons. The van der Waals surface area contributed by atoms with Gasteiger partial charge in [-0.25, -0.2) is 8.78 Å². The first-order chi connectivity index (χ1) is 8.09. The third kappa shape index (κ3) is 2.73. The molecule has 0 saturated heterocycles. The number of benzene rings is 1. The van der Waals surface area contributed by atoms with Crippen molar-refractivity contribution in [3.05, 3.63) is 56.2 Å². The highest BCUT2D eigenvalue weighted by Gasteiger charge is 2.15. The van der Waals surface area contributed by atoms with Gasteiger partial charge in [0.2, 0.25) is 0 Å². The van der Waals surface area contributed by atoms with E-state index in [0.717, 1.165) is 9.35 Å². The number of aliphatic hydroxyl groups excluding tert-OH is 1. The van der Waals surface area contributed by atoms with Crippen molar-refractivity contribution in [3.8, 4) is 0 Å². The van der Waals surface area contributed by atoms with E-state index in [0.29, 0.717) is 5.56 Å². The highest BCUT2D eigenvalue weighted by molar-refractivity contribution is 9.10. The zero-order chi connectivity index (χ0) is 12.4. The quantitative estimate of drug-likeness (QED) is 0.881. The first kappa shape index (κ1) is 12.7. The Bertz CT molecular complexity index is 495. The Morgan fingerprint density at radius 2 is 1.65 bits per heavy atom. The predicted octanol–water partition coefficient (Wildman–Crippen LogP) is 4.53. The van der Waals surface area contributed by atoms with Gasteiger partial charge in [-0.05, 0) is 32.9 Å². The Labute approximate surface area is 110 Å². The fourth-order valence-electron chi connectivity index (χ4n) is 1.48. The summed E-state index contributed by atoms with van der Waals surface area (Å²) in [5, 5.41) is 11.9. The molecule has 1 heterocycles. The SMILES string of the molecule is OC(c1ccc(C(F)F)cc1)c1sccc1Br. The number of hydrogen-bond acceptors (Lipinski definition) is 2. The van der Waals surface area contributed by atoms with Gasteiger partial charge in [0.05, 0.1) is 4.88 Å². The van der Waals surface area contributed by atoms with Crippen molar-refractivity contribution in [1.82, 2.24) is 0 Å². The van der Waals surface area contributed by atoms with Crippen LogP contribution >= 0.6 is 27.3 Å². The van der Waals surface area contributed by atoms with Gasteiger partial charge in [0.1, 0.15) is 6.10 Å². The van der Waals surface area contributed by atoms with Crippen LogP contribution in [-0.4, -0.2) is 5.11 Å². The van der Waals surface area contributed by atoms with Crippen molar-refractivity contribution >= 4 is 27.3 Å². The average Bonchev–Trinajstić information content (AvgIpc) is 2.74. The van der Waals surface area contributed by atoms with Crippen LogP contribution in [0.25, 0.3) is 0 Å². The van der Waals surface area contributed by atoms with Gasteiger partial charge >= 0.3 is 0 Å². The van der Waals surface area contributed by atoms with Crippen LogP contribution in [0.15, 0.2) is 40.2 Å². The lowest BCUT2D eigenvalue weighted by Crippen LogP contribution is -1.98. The monoisotopic (exact) mass is 318 g/mol. The van der Waals surface area contributed by atoms with E-state index < -0.39 is 12.5 Å². The zero-order valence-electron chi connectivity index (χ0n) is 8.61. The molecule has 1 nitrogen and oxygen atoms in total. The maximum Gasteiger partial charge on any atom is 0.263 e. The van der Waals surface area contributed by atoms with Crippen molar-refractivity contribution in [2.45, 2.75) is 12.5 Å². The van der Waals surface area contributed by atoms with E-state index in [-0.39, 0.29) is 5.56 Å². The highest BCUT2D eigenvalue weighted by atomic mass is 79.9. The number of rotatable bonds is 3. The molecule has 1 aromatic heterocycles. The van der Waals surface area contributed by atoms with Crippen LogP contribution in [-0.2, 0) is 0 Å². The second kappa shape index (κ2) is 5.25. The summed E-state index contributed by atoms with van der Waals surface area (Å²) in [5.41, 5.74) is 0.573. The van der Waals surface area contributed by atoms with Crippen LogP contribution < -0.4 is 0 Å². The van der Waals surface area contributed by atoms with E-state index in [2.05, 4.69) is 15.9 Å². The molecule has 1 atom stereocenters. The number of aliphatic hydroxyl groups is 1.